The summed E-state index contributed by atoms with van der Waals surface area (Å²) >= 11 is 0. The van der Waals surface area contributed by atoms with Crippen molar-refractivity contribution in [3.05, 3.63) is 36.0 Å². The van der Waals surface area contributed by atoms with E-state index in [0.29, 0.717) is 17.9 Å². The zero-order valence-corrected chi connectivity index (χ0v) is 15.1. The molecule has 1 aromatic carbocycles. The number of H-pyrrole nitrogens is 1. The highest BCUT2D eigenvalue weighted by molar-refractivity contribution is 6.08. The van der Waals surface area contributed by atoms with Gasteiger partial charge in [-0.15, -0.1) is 0 Å². The van der Waals surface area contributed by atoms with Gasteiger partial charge in [0.2, 0.25) is 0 Å². The Bertz CT molecular complexity index is 927. The Morgan fingerprint density at radius 3 is 2.64 bits per heavy atom. The van der Waals surface area contributed by atoms with Crippen molar-refractivity contribution >= 4 is 34.7 Å². The van der Waals surface area contributed by atoms with Gasteiger partial charge in [-0.05, 0) is 25.0 Å². The molecule has 4 amide bonds. The van der Waals surface area contributed by atoms with Crippen molar-refractivity contribution in [2.24, 2.45) is 0 Å². The van der Waals surface area contributed by atoms with Crippen molar-refractivity contribution < 1.29 is 23.9 Å². The summed E-state index contributed by atoms with van der Waals surface area (Å²) in [5, 5.41) is 4.22. The topological polar surface area (TPSA) is 121 Å². The predicted molar refractivity (Wildman–Crippen MR) is 97.9 cm³/mol. The minimum atomic E-state index is -0.927. The van der Waals surface area contributed by atoms with E-state index in [2.05, 4.69) is 15.7 Å². The summed E-state index contributed by atoms with van der Waals surface area (Å²) in [4.78, 5) is 51.9. The zero-order valence-electron chi connectivity index (χ0n) is 15.1. The van der Waals surface area contributed by atoms with Gasteiger partial charge in [-0.25, -0.2) is 9.59 Å². The van der Waals surface area contributed by atoms with Crippen molar-refractivity contribution in [2.45, 2.75) is 37.6 Å². The number of aromatic nitrogens is 1. The molecule has 2 aliphatic rings. The van der Waals surface area contributed by atoms with Crippen LogP contribution >= 0.6 is 0 Å². The number of urea groups is 1. The minimum absolute atomic E-state index is 0.213. The van der Waals surface area contributed by atoms with Gasteiger partial charge in [-0.1, -0.05) is 37.5 Å². The molecule has 1 spiro atoms. The second-order valence-electron chi connectivity index (χ2n) is 7.09. The fourth-order valence-corrected chi connectivity index (χ4v) is 3.77. The second kappa shape index (κ2) is 6.99. The van der Waals surface area contributed by atoms with Crippen LogP contribution in [0.15, 0.2) is 30.3 Å². The van der Waals surface area contributed by atoms with E-state index in [4.69, 9.17) is 4.74 Å². The molecule has 1 aliphatic carbocycles. The highest BCUT2D eigenvalue weighted by Gasteiger charge is 2.52. The van der Waals surface area contributed by atoms with Gasteiger partial charge in [0.25, 0.3) is 11.8 Å². The third kappa shape index (κ3) is 3.19. The number of rotatable bonds is 4. The van der Waals surface area contributed by atoms with E-state index in [-0.39, 0.29) is 5.69 Å². The zero-order chi connectivity index (χ0) is 19.7. The third-order valence-corrected chi connectivity index (χ3v) is 5.19. The first kappa shape index (κ1) is 18.0. The lowest BCUT2D eigenvalue weighted by Crippen LogP contribution is -2.51. The molecule has 9 heteroatoms. The van der Waals surface area contributed by atoms with Crippen LogP contribution in [0.25, 0.3) is 10.9 Å². The highest BCUT2D eigenvalue weighted by Crippen LogP contribution is 2.32. The van der Waals surface area contributed by atoms with Crippen molar-refractivity contribution in [1.82, 2.24) is 20.7 Å². The quantitative estimate of drug-likeness (QED) is 0.546. The first-order valence-corrected chi connectivity index (χ1v) is 9.20. The number of carbonyl (C=O) groups is 4. The van der Waals surface area contributed by atoms with E-state index in [1.165, 1.54) is 0 Å². The maximum Gasteiger partial charge on any atom is 0.355 e. The second-order valence-corrected chi connectivity index (χ2v) is 7.09. The number of esters is 1. The molecule has 1 aromatic heterocycles. The molecule has 1 saturated heterocycles. The average Bonchev–Trinajstić information content (AvgIpc) is 3.22. The lowest BCUT2D eigenvalue weighted by Gasteiger charge is -2.30. The van der Waals surface area contributed by atoms with Gasteiger partial charge in [0.15, 0.2) is 6.61 Å². The van der Waals surface area contributed by atoms with Crippen molar-refractivity contribution in [3.8, 4) is 0 Å². The molecule has 4 rings (SSSR count). The van der Waals surface area contributed by atoms with Gasteiger partial charge in [0.1, 0.15) is 11.2 Å². The Labute approximate surface area is 160 Å². The predicted octanol–water partition coefficient (Wildman–Crippen LogP) is 1.61. The van der Waals surface area contributed by atoms with Gasteiger partial charge < -0.3 is 15.0 Å². The van der Waals surface area contributed by atoms with Crippen LogP contribution in [0, 0.1) is 0 Å². The number of benzene rings is 1. The molecule has 2 fully saturated rings. The highest BCUT2D eigenvalue weighted by atomic mass is 16.5. The van der Waals surface area contributed by atoms with E-state index in [9.17, 15) is 19.2 Å². The van der Waals surface area contributed by atoms with Crippen LogP contribution in [0.5, 0.6) is 0 Å². The number of hydrazine groups is 1. The van der Waals surface area contributed by atoms with Crippen molar-refractivity contribution in [3.63, 3.8) is 0 Å². The number of nitrogens with one attached hydrogen (secondary N) is 3. The standard InChI is InChI=1S/C19H20N4O5/c24-15(11-28-16(25)14-10-12-6-2-3-7-13(12)20-14)22-23-17(26)19(21-18(23)27)8-4-1-5-9-19/h2-3,6-7,10,20H,1,4-5,8-9,11H2,(H,21,27)(H,22,24). The van der Waals surface area contributed by atoms with Crippen molar-refractivity contribution in [2.75, 3.05) is 6.61 Å². The largest absolute Gasteiger partial charge is 0.451 e. The maximum absolute atomic E-state index is 12.6. The molecular weight excluding hydrogens is 364 g/mol. The molecule has 0 unspecified atom stereocenters. The first-order valence-electron chi connectivity index (χ1n) is 9.20. The summed E-state index contributed by atoms with van der Waals surface area (Å²) in [7, 11) is 0. The molecule has 0 atom stereocenters. The number of nitrogens with zero attached hydrogens (tertiary/aromatic N) is 1. The monoisotopic (exact) mass is 384 g/mol. The molecule has 2 heterocycles. The minimum Gasteiger partial charge on any atom is -0.451 e. The summed E-state index contributed by atoms with van der Waals surface area (Å²) < 4.78 is 4.99. The Morgan fingerprint density at radius 2 is 1.89 bits per heavy atom. The molecule has 3 N–H and O–H groups in total. The summed E-state index contributed by atoms with van der Waals surface area (Å²) in [5.41, 5.74) is 2.29. The van der Waals surface area contributed by atoms with Gasteiger partial charge in [-0.2, -0.15) is 5.01 Å². The Morgan fingerprint density at radius 1 is 1.14 bits per heavy atom. The fraction of sp³-hybridized carbons (Fsp3) is 0.368. The molecule has 0 radical (unpaired) electrons. The van der Waals surface area contributed by atoms with Crippen LogP contribution < -0.4 is 10.7 Å². The van der Waals surface area contributed by atoms with Crippen LogP contribution in [-0.4, -0.2) is 46.0 Å². The third-order valence-electron chi connectivity index (χ3n) is 5.19. The van der Waals surface area contributed by atoms with E-state index in [0.717, 1.165) is 30.2 Å². The lowest BCUT2D eigenvalue weighted by atomic mass is 9.82. The van der Waals surface area contributed by atoms with E-state index >= 15 is 0 Å². The van der Waals surface area contributed by atoms with Gasteiger partial charge in [0.05, 0.1) is 0 Å². The number of hydrogen-bond acceptors (Lipinski definition) is 5. The maximum atomic E-state index is 12.6. The van der Waals surface area contributed by atoms with Gasteiger partial charge >= 0.3 is 12.0 Å². The first-order chi connectivity index (χ1) is 13.5. The number of fused-ring (bicyclic) bond motifs is 1. The Kier molecular flexibility index (Phi) is 4.50. The van der Waals surface area contributed by atoms with Crippen LogP contribution in [-0.2, 0) is 14.3 Å². The van der Waals surface area contributed by atoms with E-state index in [1.54, 1.807) is 6.07 Å². The molecule has 28 heavy (non-hydrogen) atoms. The average molecular weight is 384 g/mol. The molecule has 9 nitrogen and oxygen atoms in total. The number of imide groups is 1. The van der Waals surface area contributed by atoms with Gasteiger partial charge in [-0.3, -0.25) is 15.0 Å². The molecule has 1 saturated carbocycles. The number of carbonyl (C=O) groups excluding carboxylic acids is 4. The molecule has 2 aromatic rings. The molecular formula is C19H20N4O5. The number of amides is 4. The smallest absolute Gasteiger partial charge is 0.355 e. The Hall–Kier alpha value is -3.36. The SMILES string of the molecule is O=C(COC(=O)c1cc2ccccc2[nH]1)NN1C(=O)NC2(CCCCC2)C1=O. The summed E-state index contributed by atoms with van der Waals surface area (Å²) in [6.07, 6.45) is 3.81. The summed E-state index contributed by atoms with van der Waals surface area (Å²) in [6.45, 7) is -0.613. The molecule has 0 bridgehead atoms. The summed E-state index contributed by atoms with van der Waals surface area (Å²) in [6, 6.07) is 8.29. The van der Waals surface area contributed by atoms with Crippen LogP contribution in [0.1, 0.15) is 42.6 Å². The van der Waals surface area contributed by atoms with E-state index in [1.807, 2.05) is 24.3 Å². The lowest BCUT2D eigenvalue weighted by molar-refractivity contribution is -0.140. The van der Waals surface area contributed by atoms with Crippen LogP contribution in [0.2, 0.25) is 0 Å². The normalized spacial score (nSPS) is 18.4. The van der Waals surface area contributed by atoms with Crippen LogP contribution in [0.4, 0.5) is 4.79 Å². The molecule has 146 valence electrons. The number of hydrogen-bond donors (Lipinski definition) is 3. The van der Waals surface area contributed by atoms with E-state index < -0.39 is 36.0 Å². The summed E-state index contributed by atoms with van der Waals surface area (Å²) in [5.74, 6) is -1.93. The fourth-order valence-electron chi connectivity index (χ4n) is 3.77. The van der Waals surface area contributed by atoms with Gasteiger partial charge in [0, 0.05) is 10.9 Å². The number of aromatic amines is 1. The van der Waals surface area contributed by atoms with Crippen LogP contribution in [0.3, 0.4) is 0 Å². The number of para-hydroxylation sites is 1. The Balaban J connectivity index is 1.34. The molecule has 1 aliphatic heterocycles. The van der Waals surface area contributed by atoms with Crippen molar-refractivity contribution in [1.29, 1.82) is 0 Å². The number of ether oxygens (including phenoxy) is 1.